The highest BCUT2D eigenvalue weighted by atomic mass is 16.5. The fourth-order valence-electron chi connectivity index (χ4n) is 1.69. The molecule has 1 N–H and O–H groups in total. The summed E-state index contributed by atoms with van der Waals surface area (Å²) in [7, 11) is 0. The Labute approximate surface area is 108 Å². The molecule has 0 aliphatic carbocycles. The predicted molar refractivity (Wildman–Crippen MR) is 72.4 cm³/mol. The van der Waals surface area contributed by atoms with Crippen LogP contribution in [0.4, 0.5) is 0 Å². The molecule has 1 heterocycles. The van der Waals surface area contributed by atoms with Crippen molar-refractivity contribution in [1.29, 1.82) is 0 Å². The van der Waals surface area contributed by atoms with E-state index in [1.807, 2.05) is 30.3 Å². The van der Waals surface area contributed by atoms with Gasteiger partial charge in [-0.2, -0.15) is 0 Å². The van der Waals surface area contributed by atoms with Crippen LogP contribution in [0.1, 0.15) is 18.1 Å². The normalized spacial score (nSPS) is 10.3. The molecule has 94 valence electrons. The van der Waals surface area contributed by atoms with E-state index in [-0.39, 0.29) is 0 Å². The lowest BCUT2D eigenvalue weighted by Crippen LogP contribution is -2.12. The molecule has 0 bridgehead atoms. The second-order valence-corrected chi connectivity index (χ2v) is 4.03. The van der Waals surface area contributed by atoms with Gasteiger partial charge in [0.1, 0.15) is 12.4 Å². The van der Waals surface area contributed by atoms with Crippen LogP contribution in [0.3, 0.4) is 0 Å². The van der Waals surface area contributed by atoms with E-state index in [0.717, 1.165) is 24.4 Å². The third-order valence-corrected chi connectivity index (χ3v) is 2.68. The Kier molecular flexibility index (Phi) is 4.73. The Hall–Kier alpha value is -1.87. The number of benzene rings is 1. The van der Waals surface area contributed by atoms with Crippen molar-refractivity contribution in [1.82, 2.24) is 10.3 Å². The Morgan fingerprint density at radius 1 is 1.11 bits per heavy atom. The number of rotatable bonds is 6. The summed E-state index contributed by atoms with van der Waals surface area (Å²) in [4.78, 5) is 3.99. The van der Waals surface area contributed by atoms with Crippen molar-refractivity contribution in [2.45, 2.75) is 20.1 Å². The summed E-state index contributed by atoms with van der Waals surface area (Å²) >= 11 is 0. The van der Waals surface area contributed by atoms with Crippen LogP contribution in [0.2, 0.25) is 0 Å². The molecule has 0 radical (unpaired) electrons. The van der Waals surface area contributed by atoms with E-state index >= 15 is 0 Å². The number of ether oxygens (including phenoxy) is 1. The van der Waals surface area contributed by atoms with Crippen LogP contribution in [0.5, 0.6) is 5.75 Å². The minimum Gasteiger partial charge on any atom is -0.489 e. The fourth-order valence-corrected chi connectivity index (χ4v) is 1.69. The Morgan fingerprint density at radius 3 is 2.67 bits per heavy atom. The van der Waals surface area contributed by atoms with Gasteiger partial charge in [-0.05, 0) is 30.3 Å². The van der Waals surface area contributed by atoms with Gasteiger partial charge in [-0.25, -0.2) is 0 Å². The molecule has 0 aliphatic rings. The molecule has 1 aromatic heterocycles. The lowest BCUT2D eigenvalue weighted by Gasteiger charge is -2.11. The maximum atomic E-state index is 5.85. The molecule has 1 aromatic carbocycles. The summed E-state index contributed by atoms with van der Waals surface area (Å²) in [6.45, 7) is 4.47. The van der Waals surface area contributed by atoms with Crippen LogP contribution in [0.15, 0.2) is 48.8 Å². The highest BCUT2D eigenvalue weighted by Gasteiger charge is 2.02. The van der Waals surface area contributed by atoms with Crippen LogP contribution < -0.4 is 10.1 Å². The van der Waals surface area contributed by atoms with Gasteiger partial charge in [-0.15, -0.1) is 0 Å². The number of hydrogen-bond acceptors (Lipinski definition) is 3. The molecule has 2 rings (SSSR count). The summed E-state index contributed by atoms with van der Waals surface area (Å²) in [6, 6.07) is 12.1. The van der Waals surface area contributed by atoms with Crippen molar-refractivity contribution < 1.29 is 4.74 Å². The smallest absolute Gasteiger partial charge is 0.124 e. The van der Waals surface area contributed by atoms with Gasteiger partial charge in [0.05, 0.1) is 0 Å². The maximum Gasteiger partial charge on any atom is 0.124 e. The van der Waals surface area contributed by atoms with Gasteiger partial charge in [-0.3, -0.25) is 4.98 Å². The van der Waals surface area contributed by atoms with E-state index in [4.69, 9.17) is 4.74 Å². The number of nitrogens with one attached hydrogen (secondary N) is 1. The number of hydrogen-bond donors (Lipinski definition) is 1. The lowest BCUT2D eigenvalue weighted by atomic mass is 10.2. The molecule has 0 fully saturated rings. The number of para-hydroxylation sites is 1. The van der Waals surface area contributed by atoms with Gasteiger partial charge < -0.3 is 10.1 Å². The molecule has 3 nitrogen and oxygen atoms in total. The van der Waals surface area contributed by atoms with E-state index in [1.54, 1.807) is 12.4 Å². The van der Waals surface area contributed by atoms with Crippen molar-refractivity contribution in [2.75, 3.05) is 6.54 Å². The molecule has 2 aromatic rings. The molecule has 18 heavy (non-hydrogen) atoms. The topological polar surface area (TPSA) is 34.1 Å². The average molecular weight is 242 g/mol. The van der Waals surface area contributed by atoms with E-state index in [0.29, 0.717) is 6.61 Å². The van der Waals surface area contributed by atoms with Crippen molar-refractivity contribution in [3.05, 3.63) is 59.9 Å². The second kappa shape index (κ2) is 6.77. The zero-order valence-corrected chi connectivity index (χ0v) is 10.6. The largest absolute Gasteiger partial charge is 0.489 e. The number of nitrogens with zero attached hydrogens (tertiary/aromatic N) is 1. The van der Waals surface area contributed by atoms with Gasteiger partial charge in [0, 0.05) is 24.5 Å². The summed E-state index contributed by atoms with van der Waals surface area (Å²) in [5, 5.41) is 3.31. The first-order valence-electron chi connectivity index (χ1n) is 6.20. The average Bonchev–Trinajstić information content (AvgIpc) is 2.45. The van der Waals surface area contributed by atoms with Crippen LogP contribution in [0.25, 0.3) is 0 Å². The van der Waals surface area contributed by atoms with Gasteiger partial charge in [0.15, 0.2) is 0 Å². The molecule has 0 spiro atoms. The van der Waals surface area contributed by atoms with Crippen molar-refractivity contribution >= 4 is 0 Å². The Morgan fingerprint density at radius 2 is 1.89 bits per heavy atom. The third kappa shape index (κ3) is 3.57. The van der Waals surface area contributed by atoms with Crippen molar-refractivity contribution in [3.8, 4) is 5.75 Å². The van der Waals surface area contributed by atoms with Gasteiger partial charge >= 0.3 is 0 Å². The zero-order chi connectivity index (χ0) is 12.6. The summed E-state index contributed by atoms with van der Waals surface area (Å²) in [5.74, 6) is 0.940. The minimum atomic E-state index is 0.575. The molecular formula is C15H18N2O. The highest BCUT2D eigenvalue weighted by Crippen LogP contribution is 2.19. The van der Waals surface area contributed by atoms with Gasteiger partial charge in [0.25, 0.3) is 0 Å². The summed E-state index contributed by atoms with van der Waals surface area (Å²) in [5.41, 5.74) is 2.32. The molecule has 0 amide bonds. The Balaban J connectivity index is 2.00. The SMILES string of the molecule is CCNCc1ccccc1OCc1ccncc1. The van der Waals surface area contributed by atoms with Crippen LogP contribution in [0, 0.1) is 0 Å². The van der Waals surface area contributed by atoms with E-state index in [2.05, 4.69) is 23.3 Å². The molecule has 0 atom stereocenters. The van der Waals surface area contributed by atoms with E-state index in [1.165, 1.54) is 5.56 Å². The van der Waals surface area contributed by atoms with Crippen molar-refractivity contribution in [2.24, 2.45) is 0 Å². The molecule has 0 unspecified atom stereocenters. The van der Waals surface area contributed by atoms with E-state index in [9.17, 15) is 0 Å². The standard InChI is InChI=1S/C15H18N2O/c1-2-16-11-14-5-3-4-6-15(14)18-12-13-7-9-17-10-8-13/h3-10,16H,2,11-12H2,1H3. The molecule has 0 aliphatic heterocycles. The number of pyridine rings is 1. The monoisotopic (exact) mass is 242 g/mol. The lowest BCUT2D eigenvalue weighted by molar-refractivity contribution is 0.302. The van der Waals surface area contributed by atoms with E-state index < -0.39 is 0 Å². The van der Waals surface area contributed by atoms with Crippen LogP contribution in [-0.4, -0.2) is 11.5 Å². The zero-order valence-electron chi connectivity index (χ0n) is 10.6. The molecule has 0 saturated heterocycles. The molecule has 3 heteroatoms. The van der Waals surface area contributed by atoms with Gasteiger partial charge in [-0.1, -0.05) is 25.1 Å². The predicted octanol–water partition coefficient (Wildman–Crippen LogP) is 2.77. The highest BCUT2D eigenvalue weighted by molar-refractivity contribution is 5.33. The van der Waals surface area contributed by atoms with Gasteiger partial charge in [0.2, 0.25) is 0 Å². The number of aromatic nitrogens is 1. The second-order valence-electron chi connectivity index (χ2n) is 4.03. The minimum absolute atomic E-state index is 0.575. The quantitative estimate of drug-likeness (QED) is 0.845. The molecule has 0 saturated carbocycles. The van der Waals surface area contributed by atoms with Crippen LogP contribution >= 0.6 is 0 Å². The molecular weight excluding hydrogens is 224 g/mol. The van der Waals surface area contributed by atoms with Crippen molar-refractivity contribution in [3.63, 3.8) is 0 Å². The first-order chi connectivity index (χ1) is 8.90. The fraction of sp³-hybridized carbons (Fsp3) is 0.267. The van der Waals surface area contributed by atoms with Crippen LogP contribution in [-0.2, 0) is 13.2 Å². The maximum absolute atomic E-state index is 5.85. The summed E-state index contributed by atoms with van der Waals surface area (Å²) < 4.78 is 5.85. The summed E-state index contributed by atoms with van der Waals surface area (Å²) in [6.07, 6.45) is 3.56. The Bertz CT molecular complexity index is 471. The third-order valence-electron chi connectivity index (χ3n) is 2.68. The first-order valence-corrected chi connectivity index (χ1v) is 6.20. The first kappa shape index (κ1) is 12.6.